The van der Waals surface area contributed by atoms with Crippen LogP contribution in [0.2, 0.25) is 0 Å². The maximum Gasteiger partial charge on any atom is 0.232 e. The molecule has 0 atom stereocenters. The van der Waals surface area contributed by atoms with Crippen molar-refractivity contribution in [2.45, 2.75) is 20.5 Å². The molecule has 5 heteroatoms. The van der Waals surface area contributed by atoms with Crippen molar-refractivity contribution >= 4 is 0 Å². The van der Waals surface area contributed by atoms with Crippen LogP contribution in [0.1, 0.15) is 17.3 Å². The summed E-state index contributed by atoms with van der Waals surface area (Å²) in [6.45, 7) is 4.13. The van der Waals surface area contributed by atoms with E-state index in [0.29, 0.717) is 18.2 Å². The van der Waals surface area contributed by atoms with E-state index in [2.05, 4.69) is 10.1 Å². The fourth-order valence-corrected chi connectivity index (χ4v) is 1.22. The predicted octanol–water partition coefficient (Wildman–Crippen LogP) is 1.60. The molecule has 0 amide bonds. The highest BCUT2D eigenvalue weighted by atomic mass is 16.5. The Morgan fingerprint density at radius 3 is 2.80 bits per heavy atom. The van der Waals surface area contributed by atoms with Crippen LogP contribution in [0, 0.1) is 13.8 Å². The van der Waals surface area contributed by atoms with Crippen molar-refractivity contribution in [3.8, 4) is 5.75 Å². The molecular formula is C10H13N3O2. The first-order valence-corrected chi connectivity index (χ1v) is 4.69. The van der Waals surface area contributed by atoms with Gasteiger partial charge in [-0.05, 0) is 13.8 Å². The van der Waals surface area contributed by atoms with Crippen LogP contribution in [0.15, 0.2) is 16.8 Å². The molecule has 0 aliphatic heterocycles. The zero-order valence-corrected chi connectivity index (χ0v) is 9.02. The monoisotopic (exact) mass is 207 g/mol. The van der Waals surface area contributed by atoms with Gasteiger partial charge in [-0.25, -0.2) is 4.98 Å². The summed E-state index contributed by atoms with van der Waals surface area (Å²) in [7, 11) is 1.84. The lowest BCUT2D eigenvalue weighted by atomic mass is 10.4. The molecule has 0 fully saturated rings. The van der Waals surface area contributed by atoms with E-state index in [4.69, 9.17) is 9.15 Å². The van der Waals surface area contributed by atoms with Crippen LogP contribution in [-0.2, 0) is 13.7 Å². The Labute approximate surface area is 87.7 Å². The minimum Gasteiger partial charge on any atom is -0.481 e. The van der Waals surface area contributed by atoms with E-state index < -0.39 is 0 Å². The van der Waals surface area contributed by atoms with Gasteiger partial charge in [0.05, 0.1) is 18.1 Å². The Hall–Kier alpha value is -1.78. The molecule has 2 aromatic rings. The second-order valence-electron chi connectivity index (χ2n) is 3.39. The summed E-state index contributed by atoms with van der Waals surface area (Å²) in [5.74, 6) is 2.14. The third-order valence-electron chi connectivity index (χ3n) is 2.12. The number of ether oxygens (including phenoxy) is 1. The molecular weight excluding hydrogens is 194 g/mol. The third kappa shape index (κ3) is 2.18. The van der Waals surface area contributed by atoms with Gasteiger partial charge in [-0.15, -0.1) is 0 Å². The first kappa shape index (κ1) is 9.76. The Morgan fingerprint density at radius 2 is 2.27 bits per heavy atom. The smallest absolute Gasteiger partial charge is 0.232 e. The zero-order valence-electron chi connectivity index (χ0n) is 9.02. The van der Waals surface area contributed by atoms with E-state index in [9.17, 15) is 0 Å². The number of hydrogen-bond acceptors (Lipinski definition) is 4. The van der Waals surface area contributed by atoms with Gasteiger partial charge in [-0.3, -0.25) is 4.68 Å². The summed E-state index contributed by atoms with van der Waals surface area (Å²) in [5, 5.41) is 3.99. The van der Waals surface area contributed by atoms with Gasteiger partial charge in [0, 0.05) is 7.05 Å². The van der Waals surface area contributed by atoms with Gasteiger partial charge < -0.3 is 9.15 Å². The number of nitrogens with zero attached hydrogens (tertiary/aromatic N) is 3. The topological polar surface area (TPSA) is 53.1 Å². The van der Waals surface area contributed by atoms with Crippen molar-refractivity contribution < 1.29 is 9.15 Å². The van der Waals surface area contributed by atoms with Crippen LogP contribution in [0.25, 0.3) is 0 Å². The SMILES string of the molecule is Cc1nc(COc2cnn(C)c2)oc1C. The molecule has 0 N–H and O–H groups in total. The number of rotatable bonds is 3. The molecule has 2 rings (SSSR count). The summed E-state index contributed by atoms with van der Waals surface area (Å²) < 4.78 is 12.5. The number of oxazole rings is 1. The molecule has 5 nitrogen and oxygen atoms in total. The second kappa shape index (κ2) is 3.76. The summed E-state index contributed by atoms with van der Waals surface area (Å²) in [6, 6.07) is 0. The molecule has 0 aliphatic rings. The van der Waals surface area contributed by atoms with E-state index in [1.54, 1.807) is 17.1 Å². The maximum absolute atomic E-state index is 5.44. The van der Waals surface area contributed by atoms with Crippen molar-refractivity contribution in [1.29, 1.82) is 0 Å². The van der Waals surface area contributed by atoms with Crippen molar-refractivity contribution in [2.24, 2.45) is 7.05 Å². The van der Waals surface area contributed by atoms with E-state index in [1.165, 1.54) is 0 Å². The van der Waals surface area contributed by atoms with Crippen LogP contribution >= 0.6 is 0 Å². The Kier molecular flexibility index (Phi) is 2.45. The Morgan fingerprint density at radius 1 is 1.47 bits per heavy atom. The first-order chi connectivity index (χ1) is 7.15. The van der Waals surface area contributed by atoms with Crippen molar-refractivity contribution in [1.82, 2.24) is 14.8 Å². The van der Waals surface area contributed by atoms with E-state index in [1.807, 2.05) is 20.9 Å². The molecule has 0 saturated carbocycles. The number of hydrogen-bond donors (Lipinski definition) is 0. The van der Waals surface area contributed by atoms with Crippen molar-refractivity contribution in [2.75, 3.05) is 0 Å². The van der Waals surface area contributed by atoms with Crippen LogP contribution < -0.4 is 4.74 Å². The van der Waals surface area contributed by atoms with Gasteiger partial charge in [0.2, 0.25) is 5.89 Å². The Bertz CT molecular complexity index is 439. The minimum atomic E-state index is 0.334. The Balaban J connectivity index is 1.99. The summed E-state index contributed by atoms with van der Waals surface area (Å²) in [5.41, 5.74) is 0.903. The van der Waals surface area contributed by atoms with Gasteiger partial charge in [-0.2, -0.15) is 5.10 Å². The summed E-state index contributed by atoms with van der Waals surface area (Å²) in [4.78, 5) is 4.21. The molecule has 2 aromatic heterocycles. The van der Waals surface area contributed by atoms with Gasteiger partial charge >= 0.3 is 0 Å². The lowest BCUT2D eigenvalue weighted by Gasteiger charge is -1.97. The third-order valence-corrected chi connectivity index (χ3v) is 2.12. The highest BCUT2D eigenvalue weighted by Gasteiger charge is 2.06. The van der Waals surface area contributed by atoms with Crippen LogP contribution in [0.5, 0.6) is 5.75 Å². The molecule has 0 radical (unpaired) electrons. The summed E-state index contributed by atoms with van der Waals surface area (Å²) >= 11 is 0. The molecule has 15 heavy (non-hydrogen) atoms. The quantitative estimate of drug-likeness (QED) is 0.767. The normalized spacial score (nSPS) is 10.6. The van der Waals surface area contributed by atoms with E-state index >= 15 is 0 Å². The molecule has 0 saturated heterocycles. The van der Waals surface area contributed by atoms with Gasteiger partial charge in [0.25, 0.3) is 0 Å². The molecule has 80 valence electrons. The lowest BCUT2D eigenvalue weighted by Crippen LogP contribution is -1.94. The first-order valence-electron chi connectivity index (χ1n) is 4.69. The fourth-order valence-electron chi connectivity index (χ4n) is 1.22. The predicted molar refractivity (Wildman–Crippen MR) is 53.5 cm³/mol. The molecule has 0 unspecified atom stereocenters. The van der Waals surface area contributed by atoms with Crippen molar-refractivity contribution in [3.63, 3.8) is 0 Å². The molecule has 0 aliphatic carbocycles. The molecule has 2 heterocycles. The van der Waals surface area contributed by atoms with Crippen LogP contribution in [0.3, 0.4) is 0 Å². The standard InChI is InChI=1S/C10H13N3O2/c1-7-8(2)15-10(12-7)6-14-9-4-11-13(3)5-9/h4-5H,6H2,1-3H3. The van der Waals surface area contributed by atoms with Gasteiger partial charge in [0.15, 0.2) is 12.4 Å². The average molecular weight is 207 g/mol. The number of aryl methyl sites for hydroxylation is 3. The summed E-state index contributed by atoms with van der Waals surface area (Å²) in [6.07, 6.45) is 3.45. The van der Waals surface area contributed by atoms with E-state index in [0.717, 1.165) is 11.5 Å². The maximum atomic E-state index is 5.44. The largest absolute Gasteiger partial charge is 0.481 e. The van der Waals surface area contributed by atoms with Crippen LogP contribution in [-0.4, -0.2) is 14.8 Å². The van der Waals surface area contributed by atoms with E-state index in [-0.39, 0.29) is 0 Å². The minimum absolute atomic E-state index is 0.334. The second-order valence-corrected chi connectivity index (χ2v) is 3.39. The highest BCUT2D eigenvalue weighted by Crippen LogP contribution is 2.12. The zero-order chi connectivity index (χ0) is 10.8. The molecule has 0 aromatic carbocycles. The number of aromatic nitrogens is 3. The van der Waals surface area contributed by atoms with Crippen molar-refractivity contribution in [3.05, 3.63) is 29.7 Å². The van der Waals surface area contributed by atoms with Crippen LogP contribution in [0.4, 0.5) is 0 Å². The molecule has 0 spiro atoms. The lowest BCUT2D eigenvalue weighted by molar-refractivity contribution is 0.260. The average Bonchev–Trinajstić information content (AvgIpc) is 2.72. The fraction of sp³-hybridized carbons (Fsp3) is 0.400. The molecule has 0 bridgehead atoms. The highest BCUT2D eigenvalue weighted by molar-refractivity contribution is 5.12. The van der Waals surface area contributed by atoms with Gasteiger partial charge in [-0.1, -0.05) is 0 Å². The van der Waals surface area contributed by atoms with Gasteiger partial charge in [0.1, 0.15) is 5.76 Å².